The monoisotopic (exact) mass is 1200 g/mol. The molecule has 14 heteroatoms. The van der Waals surface area contributed by atoms with Crippen molar-refractivity contribution >= 4 is 32.6 Å². The average molecular weight is 1200 g/mol. The van der Waals surface area contributed by atoms with Gasteiger partial charge >= 0.3 is 25.8 Å². The van der Waals surface area contributed by atoms with Gasteiger partial charge in [0.25, 0.3) is 0 Å². The van der Waals surface area contributed by atoms with E-state index in [1.807, 2.05) is 6.79 Å². The zero-order chi connectivity index (χ0) is 53.5. The first-order chi connectivity index (χ1) is 38.2. The first-order valence-corrected chi connectivity index (χ1v) is 37.2. The van der Waals surface area contributed by atoms with Crippen LogP contribution in [0.1, 0.15) is 347 Å². The Morgan fingerprint density at radius 2 is 0.244 bits per heavy atom. The summed E-state index contributed by atoms with van der Waals surface area (Å²) in [6.07, 6.45) is 72.9. The molecule has 460 valence electrons. The van der Waals surface area contributed by atoms with Gasteiger partial charge in [0.05, 0.1) is 54.9 Å². The van der Waals surface area contributed by atoms with E-state index in [1.54, 1.807) is 0 Å². The molecule has 0 unspecified atom stereocenters. The molecular formula is C64H119NiO10P3. The standard InChI is InChI=1S/3C21H39O3P.CH2O.Ni/c3*1-2-8-14-19(13-7-1)22-25(23-20-15-9-3-4-10-16-20)24-21-17-11-5-6-12-18-21;1-2;/h3*19-21H,1-18H2;1H2;. The molecule has 0 atom stereocenters. The molecule has 9 rings (SSSR count). The molecule has 0 N–H and O–H groups in total. The summed E-state index contributed by atoms with van der Waals surface area (Å²) in [5.74, 6) is 0. The zero-order valence-corrected chi connectivity index (χ0v) is 53.5. The molecule has 0 aromatic rings. The van der Waals surface area contributed by atoms with Crippen molar-refractivity contribution in [1.82, 2.24) is 0 Å². The second-order valence-electron chi connectivity index (χ2n) is 25.1. The Bertz CT molecular complexity index is 1010. The fraction of sp³-hybridized carbons (Fsp3) is 0.984. The van der Waals surface area contributed by atoms with Crippen LogP contribution in [-0.4, -0.2) is 61.7 Å². The molecule has 0 aromatic carbocycles. The van der Waals surface area contributed by atoms with E-state index in [2.05, 4.69) is 0 Å². The quantitative estimate of drug-likeness (QED) is 0.0749. The number of carbonyl (C=O) groups is 1. The Labute approximate surface area is 493 Å². The van der Waals surface area contributed by atoms with Crippen LogP contribution in [0.5, 0.6) is 0 Å². The van der Waals surface area contributed by atoms with E-state index in [0.717, 1.165) is 0 Å². The van der Waals surface area contributed by atoms with E-state index in [-0.39, 0.29) is 16.5 Å². The predicted octanol–water partition coefficient (Wildman–Crippen LogP) is 22.1. The Morgan fingerprint density at radius 3 is 0.321 bits per heavy atom. The van der Waals surface area contributed by atoms with Crippen LogP contribution < -0.4 is 0 Å². The Morgan fingerprint density at radius 1 is 0.167 bits per heavy atom. The van der Waals surface area contributed by atoms with E-state index in [4.69, 9.17) is 45.5 Å². The van der Waals surface area contributed by atoms with Crippen LogP contribution in [-0.2, 0) is 62.0 Å². The maximum atomic E-state index is 8.00. The summed E-state index contributed by atoms with van der Waals surface area (Å²) in [6, 6.07) is 0. The van der Waals surface area contributed by atoms with E-state index in [0.29, 0.717) is 54.9 Å². The number of hydrogen-bond donors (Lipinski definition) is 0. The summed E-state index contributed by atoms with van der Waals surface area (Å²) in [7, 11) is -3.49. The van der Waals surface area contributed by atoms with E-state index < -0.39 is 25.8 Å². The number of rotatable bonds is 18. The summed E-state index contributed by atoms with van der Waals surface area (Å²) in [6.45, 7) is 2.00. The van der Waals surface area contributed by atoms with Crippen LogP contribution >= 0.6 is 25.8 Å². The number of carbonyl (C=O) groups excluding carboxylic acids is 1. The average Bonchev–Trinajstić information content (AvgIpc) is 4.25. The molecule has 10 nitrogen and oxygen atoms in total. The van der Waals surface area contributed by atoms with Gasteiger partial charge < -0.3 is 45.5 Å². The van der Waals surface area contributed by atoms with E-state index in [9.17, 15) is 0 Å². The van der Waals surface area contributed by atoms with Crippen LogP contribution in [0.25, 0.3) is 0 Å². The maximum absolute atomic E-state index is 8.00. The van der Waals surface area contributed by atoms with Gasteiger partial charge in [0.1, 0.15) is 6.79 Å². The summed E-state index contributed by atoms with van der Waals surface area (Å²) in [4.78, 5) is 8.00. The third kappa shape index (κ3) is 32.0. The summed E-state index contributed by atoms with van der Waals surface area (Å²) >= 11 is 0. The van der Waals surface area contributed by atoms with Crippen molar-refractivity contribution in [3.63, 3.8) is 0 Å². The minimum absolute atomic E-state index is 0. The van der Waals surface area contributed by atoms with Crippen LogP contribution in [0.4, 0.5) is 0 Å². The number of hydrogen-bond acceptors (Lipinski definition) is 10. The molecule has 0 heterocycles. The van der Waals surface area contributed by atoms with Gasteiger partial charge in [-0.25, -0.2) is 0 Å². The van der Waals surface area contributed by atoms with Crippen LogP contribution in [0.2, 0.25) is 0 Å². The third-order valence-electron chi connectivity index (χ3n) is 18.3. The van der Waals surface area contributed by atoms with Crippen LogP contribution in [0.3, 0.4) is 0 Å². The molecule has 0 aliphatic heterocycles. The second-order valence-corrected chi connectivity index (χ2v) is 28.4. The van der Waals surface area contributed by atoms with Crippen LogP contribution in [0, 0.1) is 0 Å². The van der Waals surface area contributed by atoms with Gasteiger partial charge in [-0.3, -0.25) is 0 Å². The van der Waals surface area contributed by atoms with Gasteiger partial charge in [-0.05, 0) is 116 Å². The summed E-state index contributed by atoms with van der Waals surface area (Å²) in [5, 5.41) is 0. The Hall–Kier alpha value is 1.09. The fourth-order valence-electron chi connectivity index (χ4n) is 13.4. The molecule has 0 saturated heterocycles. The molecule has 0 spiro atoms. The van der Waals surface area contributed by atoms with E-state index in [1.165, 1.54) is 347 Å². The predicted molar refractivity (Wildman–Crippen MR) is 321 cm³/mol. The molecule has 0 aromatic heterocycles. The largest absolute Gasteiger partial charge is 0.333 e. The molecule has 0 radical (unpaired) electrons. The van der Waals surface area contributed by atoms with Gasteiger partial charge in [0, 0.05) is 16.5 Å². The van der Waals surface area contributed by atoms with Crippen molar-refractivity contribution in [2.75, 3.05) is 0 Å². The first-order valence-electron chi connectivity index (χ1n) is 33.9. The fourth-order valence-corrected chi connectivity index (χ4v) is 18.0. The topological polar surface area (TPSA) is 100 Å². The summed E-state index contributed by atoms with van der Waals surface area (Å²) < 4.78 is 58.3. The van der Waals surface area contributed by atoms with Gasteiger partial charge in [-0.1, -0.05) is 231 Å². The van der Waals surface area contributed by atoms with Crippen molar-refractivity contribution in [3.05, 3.63) is 0 Å². The molecule has 0 amide bonds. The molecule has 78 heavy (non-hydrogen) atoms. The van der Waals surface area contributed by atoms with Crippen molar-refractivity contribution in [3.8, 4) is 0 Å². The van der Waals surface area contributed by atoms with Gasteiger partial charge in [-0.2, -0.15) is 0 Å². The van der Waals surface area contributed by atoms with Crippen molar-refractivity contribution in [2.45, 2.75) is 402 Å². The molecule has 9 saturated carbocycles. The molecule has 0 bridgehead atoms. The molecule has 9 aliphatic carbocycles. The normalized spacial score (nSPS) is 25.3. The minimum Gasteiger partial charge on any atom is -0.309 e. The summed E-state index contributed by atoms with van der Waals surface area (Å²) in [5.41, 5.74) is 0. The van der Waals surface area contributed by atoms with Crippen molar-refractivity contribution < 1.29 is 62.0 Å². The van der Waals surface area contributed by atoms with Gasteiger partial charge in [0.2, 0.25) is 0 Å². The van der Waals surface area contributed by atoms with Crippen molar-refractivity contribution in [1.29, 1.82) is 0 Å². The smallest absolute Gasteiger partial charge is 0.309 e. The maximum Gasteiger partial charge on any atom is 0.333 e. The van der Waals surface area contributed by atoms with Crippen LogP contribution in [0.15, 0.2) is 0 Å². The third-order valence-corrected chi connectivity index (χ3v) is 22.6. The molecular weight excluding hydrogens is 1080 g/mol. The minimum atomic E-state index is -1.16. The second kappa shape index (κ2) is 46.3. The van der Waals surface area contributed by atoms with Gasteiger partial charge in [0.15, 0.2) is 0 Å². The Balaban J connectivity index is 0.000000211. The first kappa shape index (κ1) is 69.9. The molecule has 9 aliphatic rings. The molecule has 9 fully saturated rings. The van der Waals surface area contributed by atoms with Gasteiger partial charge in [-0.15, -0.1) is 0 Å². The van der Waals surface area contributed by atoms with Crippen molar-refractivity contribution in [2.24, 2.45) is 0 Å². The SMILES string of the molecule is C1CCCC(OP(OC2CCCCCC2)OC2CCCCCC2)CC1.C1CCCC(OP(OC2CCCCCC2)OC2CCCCCC2)CC1.C1CCCC(OP(OC2CCCCCC2)OC2CCCCCC2)CC1.C=O.[Ni]. The van der Waals surface area contributed by atoms with E-state index >= 15 is 0 Å². The zero-order valence-electron chi connectivity index (χ0n) is 49.8. The Kier molecular flexibility index (Phi) is 41.5.